The summed E-state index contributed by atoms with van der Waals surface area (Å²) in [7, 11) is 1.44. The number of ether oxygens (including phenoxy) is 1. The van der Waals surface area contributed by atoms with Crippen LogP contribution in [0.1, 0.15) is 20.8 Å². The van der Waals surface area contributed by atoms with Crippen molar-refractivity contribution >= 4 is 17.6 Å². The van der Waals surface area contributed by atoms with Gasteiger partial charge in [-0.15, -0.1) is 0 Å². The zero-order valence-corrected chi connectivity index (χ0v) is 11.6. The molecule has 0 bridgehead atoms. The fourth-order valence-electron chi connectivity index (χ4n) is 1.50. The molecule has 1 aromatic rings. The Labute approximate surface area is 111 Å². The third-order valence-electron chi connectivity index (χ3n) is 2.39. The Hall–Kier alpha value is -1.89. The number of anilines is 1. The molecule has 1 N–H and O–H groups in total. The Balaban J connectivity index is 2.67. The first kappa shape index (κ1) is 15.2. The van der Waals surface area contributed by atoms with Crippen LogP contribution in [0.2, 0.25) is 0 Å². The van der Waals surface area contributed by atoms with Crippen molar-refractivity contribution in [2.24, 2.45) is 0 Å². The quantitative estimate of drug-likeness (QED) is 0.858. The molecule has 7 heteroatoms. The number of hydrogen-bond donors (Lipinski definition) is 1. The highest BCUT2D eigenvalue weighted by Crippen LogP contribution is 2.14. The van der Waals surface area contributed by atoms with Gasteiger partial charge in [-0.1, -0.05) is 5.16 Å². The normalized spacial score (nSPS) is 11.2. The first-order chi connectivity index (χ1) is 8.84. The highest BCUT2D eigenvalue weighted by molar-refractivity contribution is 5.94. The number of aromatic nitrogens is 1. The number of amides is 2. The largest absolute Gasteiger partial charge is 0.375 e. The van der Waals surface area contributed by atoms with Gasteiger partial charge in [-0.05, 0) is 20.8 Å². The number of rotatable bonds is 5. The van der Waals surface area contributed by atoms with Crippen molar-refractivity contribution in [1.29, 1.82) is 0 Å². The molecular weight excluding hydrogens is 250 g/mol. The summed E-state index contributed by atoms with van der Waals surface area (Å²) in [6, 6.07) is 1.52. The Morgan fingerprint density at radius 2 is 2.16 bits per heavy atom. The molecule has 0 aromatic carbocycles. The fraction of sp³-hybridized carbons (Fsp3) is 0.583. The second kappa shape index (κ2) is 6.33. The van der Waals surface area contributed by atoms with E-state index >= 15 is 0 Å². The molecule has 106 valence electrons. The van der Waals surface area contributed by atoms with Crippen LogP contribution in [0.5, 0.6) is 0 Å². The topological polar surface area (TPSA) is 84.7 Å². The van der Waals surface area contributed by atoms with E-state index in [2.05, 4.69) is 15.0 Å². The summed E-state index contributed by atoms with van der Waals surface area (Å²) in [4.78, 5) is 25.2. The van der Waals surface area contributed by atoms with Gasteiger partial charge in [0.05, 0.1) is 0 Å². The smallest absolute Gasteiger partial charge is 0.249 e. The summed E-state index contributed by atoms with van der Waals surface area (Å²) in [5, 5.41) is 6.11. The molecule has 1 aromatic heterocycles. The van der Waals surface area contributed by atoms with E-state index in [4.69, 9.17) is 4.74 Å². The molecule has 0 aliphatic carbocycles. The van der Waals surface area contributed by atoms with Gasteiger partial charge >= 0.3 is 0 Å². The Morgan fingerprint density at radius 1 is 1.47 bits per heavy atom. The third kappa shape index (κ3) is 4.70. The highest BCUT2D eigenvalue weighted by Gasteiger charge is 2.28. The number of carbonyl (C=O) groups excluding carboxylic acids is 2. The number of methoxy groups -OCH3 is 1. The van der Waals surface area contributed by atoms with Gasteiger partial charge in [-0.3, -0.25) is 9.59 Å². The van der Waals surface area contributed by atoms with Crippen LogP contribution in [0.15, 0.2) is 16.9 Å². The van der Waals surface area contributed by atoms with Crippen LogP contribution in [0, 0.1) is 0 Å². The second-order valence-corrected chi connectivity index (χ2v) is 5.02. The molecule has 19 heavy (non-hydrogen) atoms. The standard InChI is InChI=1S/C12H19N3O4/c1-12(2,3)15(11(17)8-18-4)7-10(16)13-9-5-6-19-14-9/h5-6H,7-8H2,1-4H3,(H,13,14,16). The molecule has 0 aliphatic rings. The average molecular weight is 269 g/mol. The lowest BCUT2D eigenvalue weighted by atomic mass is 10.1. The molecule has 1 rings (SSSR count). The first-order valence-corrected chi connectivity index (χ1v) is 5.84. The van der Waals surface area contributed by atoms with Gasteiger partial charge in [0, 0.05) is 18.7 Å². The van der Waals surface area contributed by atoms with Crippen LogP contribution in [-0.4, -0.2) is 47.7 Å². The van der Waals surface area contributed by atoms with Crippen molar-refractivity contribution in [1.82, 2.24) is 10.1 Å². The van der Waals surface area contributed by atoms with Crippen LogP contribution in [0.4, 0.5) is 5.82 Å². The third-order valence-corrected chi connectivity index (χ3v) is 2.39. The van der Waals surface area contributed by atoms with Gasteiger partial charge in [0.1, 0.15) is 19.4 Å². The molecule has 0 fully saturated rings. The molecule has 0 saturated carbocycles. The number of hydrogen-bond acceptors (Lipinski definition) is 5. The molecule has 0 atom stereocenters. The Bertz CT molecular complexity index is 423. The predicted octanol–water partition coefficient (Wildman–Crippen LogP) is 0.887. The van der Waals surface area contributed by atoms with Gasteiger partial charge in [-0.25, -0.2) is 0 Å². The van der Waals surface area contributed by atoms with E-state index in [1.807, 2.05) is 20.8 Å². The molecule has 0 saturated heterocycles. The SMILES string of the molecule is COCC(=O)N(CC(=O)Nc1ccon1)C(C)(C)C. The summed E-state index contributed by atoms with van der Waals surface area (Å²) in [6.45, 7) is 5.42. The van der Waals surface area contributed by atoms with Gasteiger partial charge < -0.3 is 19.5 Å². The second-order valence-electron chi connectivity index (χ2n) is 5.02. The van der Waals surface area contributed by atoms with E-state index in [-0.39, 0.29) is 25.0 Å². The summed E-state index contributed by atoms with van der Waals surface area (Å²) in [5.41, 5.74) is -0.475. The van der Waals surface area contributed by atoms with Crippen LogP contribution in [-0.2, 0) is 14.3 Å². The van der Waals surface area contributed by atoms with Crippen molar-refractivity contribution in [3.63, 3.8) is 0 Å². The van der Waals surface area contributed by atoms with E-state index in [9.17, 15) is 9.59 Å². The van der Waals surface area contributed by atoms with E-state index in [0.29, 0.717) is 5.82 Å². The monoisotopic (exact) mass is 269 g/mol. The van der Waals surface area contributed by atoms with Crippen LogP contribution in [0.25, 0.3) is 0 Å². The predicted molar refractivity (Wildman–Crippen MR) is 68.5 cm³/mol. The van der Waals surface area contributed by atoms with Crippen LogP contribution in [0.3, 0.4) is 0 Å². The Morgan fingerprint density at radius 3 is 2.63 bits per heavy atom. The number of nitrogens with one attached hydrogen (secondary N) is 1. The minimum Gasteiger partial charge on any atom is -0.375 e. The molecule has 7 nitrogen and oxygen atoms in total. The van der Waals surface area contributed by atoms with Gasteiger partial charge in [0.2, 0.25) is 11.8 Å². The maximum Gasteiger partial charge on any atom is 0.249 e. The zero-order valence-electron chi connectivity index (χ0n) is 11.6. The molecule has 0 spiro atoms. The van der Waals surface area contributed by atoms with Crippen LogP contribution < -0.4 is 5.32 Å². The van der Waals surface area contributed by atoms with E-state index in [1.165, 1.54) is 24.3 Å². The number of nitrogens with zero attached hydrogens (tertiary/aromatic N) is 2. The molecule has 2 amide bonds. The minimum atomic E-state index is -0.475. The highest BCUT2D eigenvalue weighted by atomic mass is 16.5. The molecular formula is C12H19N3O4. The summed E-state index contributed by atoms with van der Waals surface area (Å²) in [5.74, 6) is -0.267. The molecule has 1 heterocycles. The summed E-state index contributed by atoms with van der Waals surface area (Å²) >= 11 is 0. The maximum atomic E-state index is 11.9. The Kier molecular flexibility index (Phi) is 5.05. The lowest BCUT2D eigenvalue weighted by Crippen LogP contribution is -2.50. The van der Waals surface area contributed by atoms with Crippen molar-refractivity contribution in [3.05, 3.63) is 12.3 Å². The zero-order chi connectivity index (χ0) is 14.5. The van der Waals surface area contributed by atoms with E-state index < -0.39 is 5.54 Å². The van der Waals surface area contributed by atoms with Crippen molar-refractivity contribution in [2.45, 2.75) is 26.3 Å². The first-order valence-electron chi connectivity index (χ1n) is 5.84. The van der Waals surface area contributed by atoms with Crippen LogP contribution >= 0.6 is 0 Å². The minimum absolute atomic E-state index is 0.0610. The van der Waals surface area contributed by atoms with Gasteiger partial charge in [0.25, 0.3) is 0 Å². The lowest BCUT2D eigenvalue weighted by Gasteiger charge is -2.34. The molecule has 0 radical (unpaired) electrons. The van der Waals surface area contributed by atoms with Gasteiger partial charge in [-0.2, -0.15) is 0 Å². The van der Waals surface area contributed by atoms with E-state index in [0.717, 1.165) is 0 Å². The van der Waals surface area contributed by atoms with Crippen molar-refractivity contribution in [2.75, 3.05) is 25.6 Å². The summed E-state index contributed by atoms with van der Waals surface area (Å²) < 4.78 is 9.43. The molecule has 0 unspecified atom stereocenters. The fourth-order valence-corrected chi connectivity index (χ4v) is 1.50. The maximum absolute atomic E-state index is 11.9. The lowest BCUT2D eigenvalue weighted by molar-refractivity contribution is -0.142. The van der Waals surface area contributed by atoms with Crippen molar-refractivity contribution in [3.8, 4) is 0 Å². The average Bonchev–Trinajstić information content (AvgIpc) is 2.77. The summed E-state index contributed by atoms with van der Waals surface area (Å²) in [6.07, 6.45) is 1.35. The van der Waals surface area contributed by atoms with Gasteiger partial charge in [0.15, 0.2) is 5.82 Å². The molecule has 0 aliphatic heterocycles. The number of carbonyl (C=O) groups is 2. The van der Waals surface area contributed by atoms with Crippen molar-refractivity contribution < 1.29 is 18.8 Å². The van der Waals surface area contributed by atoms with E-state index in [1.54, 1.807) is 0 Å².